The molecule has 0 radical (unpaired) electrons. The van der Waals surface area contributed by atoms with Crippen LogP contribution in [-0.2, 0) is 4.79 Å². The van der Waals surface area contributed by atoms with Gasteiger partial charge < -0.3 is 10.2 Å². The summed E-state index contributed by atoms with van der Waals surface area (Å²) in [6.07, 6.45) is 2.35. The maximum absolute atomic E-state index is 9.84. The molecule has 1 fully saturated rings. The first-order valence-corrected chi connectivity index (χ1v) is 2.34. The molecule has 2 heteroatoms. The van der Waals surface area contributed by atoms with Crippen LogP contribution in [0.15, 0.2) is 0 Å². The molecule has 0 saturated heterocycles. The Bertz CT molecular complexity index is 101. The third-order valence-electron chi connectivity index (χ3n) is 1.21. The van der Waals surface area contributed by atoms with Gasteiger partial charge in [-0.2, -0.15) is 0 Å². The molecule has 1 saturated carbocycles. The standard InChI is InChI=1S/C5H7NO/c6-5-1-4(2-5)3-7/h3-4,6H,1-2H2. The molecule has 1 rings (SSSR count). The van der Waals surface area contributed by atoms with Crippen molar-refractivity contribution in [1.29, 1.82) is 5.41 Å². The molecular formula is C5H7NO. The summed E-state index contributed by atoms with van der Waals surface area (Å²) in [4.78, 5) is 9.84. The fourth-order valence-electron chi connectivity index (χ4n) is 0.669. The van der Waals surface area contributed by atoms with Crippen molar-refractivity contribution in [1.82, 2.24) is 0 Å². The van der Waals surface area contributed by atoms with Crippen molar-refractivity contribution in [2.75, 3.05) is 0 Å². The van der Waals surface area contributed by atoms with Gasteiger partial charge >= 0.3 is 0 Å². The van der Waals surface area contributed by atoms with E-state index >= 15 is 0 Å². The molecule has 1 N–H and O–H groups in total. The van der Waals surface area contributed by atoms with E-state index in [1.807, 2.05) is 0 Å². The summed E-state index contributed by atoms with van der Waals surface area (Å²) in [6, 6.07) is 0. The van der Waals surface area contributed by atoms with Gasteiger partial charge in [0.05, 0.1) is 0 Å². The fraction of sp³-hybridized carbons (Fsp3) is 0.600. The Morgan fingerprint density at radius 1 is 1.71 bits per heavy atom. The van der Waals surface area contributed by atoms with Gasteiger partial charge in [0.15, 0.2) is 0 Å². The Hall–Kier alpha value is -0.660. The second kappa shape index (κ2) is 1.45. The predicted molar refractivity (Wildman–Crippen MR) is 26.5 cm³/mol. The van der Waals surface area contributed by atoms with Crippen LogP contribution in [0.5, 0.6) is 0 Å². The molecule has 0 heterocycles. The molecule has 0 amide bonds. The van der Waals surface area contributed by atoms with Gasteiger partial charge in [0.1, 0.15) is 6.29 Å². The van der Waals surface area contributed by atoms with Gasteiger partial charge in [-0.05, 0) is 12.8 Å². The summed E-state index contributed by atoms with van der Waals surface area (Å²) < 4.78 is 0. The third-order valence-corrected chi connectivity index (χ3v) is 1.21. The molecule has 0 aromatic rings. The number of hydrogen-bond acceptors (Lipinski definition) is 2. The summed E-state index contributed by atoms with van der Waals surface area (Å²) in [5.41, 5.74) is 0.720. The Labute approximate surface area is 42.0 Å². The van der Waals surface area contributed by atoms with E-state index in [9.17, 15) is 4.79 Å². The lowest BCUT2D eigenvalue weighted by Gasteiger charge is -2.19. The van der Waals surface area contributed by atoms with E-state index in [-0.39, 0.29) is 5.92 Å². The topological polar surface area (TPSA) is 40.9 Å². The van der Waals surface area contributed by atoms with Gasteiger partial charge in [0.2, 0.25) is 0 Å². The highest BCUT2D eigenvalue weighted by Crippen LogP contribution is 2.19. The zero-order valence-corrected chi connectivity index (χ0v) is 3.98. The minimum Gasteiger partial charge on any atom is -0.310 e. The van der Waals surface area contributed by atoms with E-state index in [1.165, 1.54) is 0 Å². The summed E-state index contributed by atoms with van der Waals surface area (Å²) in [5.74, 6) is 0.187. The van der Waals surface area contributed by atoms with Crippen molar-refractivity contribution in [2.45, 2.75) is 12.8 Å². The fourth-order valence-corrected chi connectivity index (χ4v) is 0.669. The van der Waals surface area contributed by atoms with Gasteiger partial charge in [-0.1, -0.05) is 0 Å². The number of hydrogen-bond donors (Lipinski definition) is 1. The molecule has 0 aromatic carbocycles. The highest BCUT2D eigenvalue weighted by Gasteiger charge is 2.21. The summed E-state index contributed by atoms with van der Waals surface area (Å²) in [7, 11) is 0. The molecule has 2 nitrogen and oxygen atoms in total. The van der Waals surface area contributed by atoms with Crippen molar-refractivity contribution in [3.05, 3.63) is 0 Å². The average Bonchev–Trinajstić information content (AvgIpc) is 1.58. The van der Waals surface area contributed by atoms with Crippen LogP contribution in [0.4, 0.5) is 0 Å². The first-order chi connectivity index (χ1) is 3.33. The Balaban J connectivity index is 2.29. The average molecular weight is 97.1 g/mol. The zero-order chi connectivity index (χ0) is 5.28. The van der Waals surface area contributed by atoms with Crippen LogP contribution in [0.2, 0.25) is 0 Å². The Kier molecular flexibility index (Phi) is 0.929. The van der Waals surface area contributed by atoms with Crippen molar-refractivity contribution >= 4 is 12.0 Å². The second-order valence-electron chi connectivity index (χ2n) is 1.91. The van der Waals surface area contributed by atoms with Gasteiger partial charge in [0, 0.05) is 11.6 Å². The zero-order valence-electron chi connectivity index (χ0n) is 3.98. The molecular weight excluding hydrogens is 90.1 g/mol. The van der Waals surface area contributed by atoms with E-state index < -0.39 is 0 Å². The van der Waals surface area contributed by atoms with E-state index in [0.717, 1.165) is 12.0 Å². The van der Waals surface area contributed by atoms with Crippen molar-refractivity contribution in [3.63, 3.8) is 0 Å². The number of nitrogens with one attached hydrogen (secondary N) is 1. The molecule has 0 bridgehead atoms. The SMILES string of the molecule is N=C1CC(C=O)C1. The summed E-state index contributed by atoms with van der Waals surface area (Å²) in [5, 5.41) is 6.90. The molecule has 7 heavy (non-hydrogen) atoms. The quantitative estimate of drug-likeness (QED) is 0.478. The van der Waals surface area contributed by atoms with Gasteiger partial charge in [0.25, 0.3) is 0 Å². The van der Waals surface area contributed by atoms with Crippen molar-refractivity contribution < 1.29 is 4.79 Å². The summed E-state index contributed by atoms with van der Waals surface area (Å²) in [6.45, 7) is 0. The molecule has 0 aliphatic heterocycles. The summed E-state index contributed by atoms with van der Waals surface area (Å²) >= 11 is 0. The molecule has 0 aromatic heterocycles. The first kappa shape index (κ1) is 4.50. The normalized spacial score (nSPS) is 29.1. The van der Waals surface area contributed by atoms with Crippen molar-refractivity contribution in [2.24, 2.45) is 5.92 Å². The smallest absolute Gasteiger partial charge is 0.123 e. The largest absolute Gasteiger partial charge is 0.310 e. The molecule has 38 valence electrons. The van der Waals surface area contributed by atoms with Crippen LogP contribution >= 0.6 is 0 Å². The third kappa shape index (κ3) is 0.683. The van der Waals surface area contributed by atoms with Gasteiger partial charge in [-0.25, -0.2) is 0 Å². The number of carbonyl (C=O) groups is 1. The lowest BCUT2D eigenvalue weighted by atomic mass is 9.85. The lowest BCUT2D eigenvalue weighted by molar-refractivity contribution is -0.111. The molecule has 0 unspecified atom stereocenters. The van der Waals surface area contributed by atoms with Crippen molar-refractivity contribution in [3.8, 4) is 0 Å². The minimum absolute atomic E-state index is 0.187. The number of rotatable bonds is 1. The molecule has 1 aliphatic carbocycles. The van der Waals surface area contributed by atoms with Gasteiger partial charge in [-0.15, -0.1) is 0 Å². The van der Waals surface area contributed by atoms with Crippen LogP contribution in [-0.4, -0.2) is 12.0 Å². The van der Waals surface area contributed by atoms with E-state index in [1.54, 1.807) is 0 Å². The Morgan fingerprint density at radius 3 is 2.43 bits per heavy atom. The second-order valence-corrected chi connectivity index (χ2v) is 1.91. The Morgan fingerprint density at radius 2 is 2.29 bits per heavy atom. The molecule has 0 atom stereocenters. The minimum atomic E-state index is 0.187. The van der Waals surface area contributed by atoms with E-state index in [0.29, 0.717) is 12.8 Å². The molecule has 1 aliphatic rings. The number of carbonyl (C=O) groups excluding carboxylic acids is 1. The maximum atomic E-state index is 9.84. The van der Waals surface area contributed by atoms with Crippen LogP contribution < -0.4 is 0 Å². The van der Waals surface area contributed by atoms with Crippen LogP contribution in [0.25, 0.3) is 0 Å². The monoisotopic (exact) mass is 97.1 g/mol. The first-order valence-electron chi connectivity index (χ1n) is 2.34. The lowest BCUT2D eigenvalue weighted by Crippen LogP contribution is -2.23. The highest BCUT2D eigenvalue weighted by atomic mass is 16.1. The van der Waals surface area contributed by atoms with Crippen LogP contribution in [0.3, 0.4) is 0 Å². The van der Waals surface area contributed by atoms with Crippen LogP contribution in [0.1, 0.15) is 12.8 Å². The maximum Gasteiger partial charge on any atom is 0.123 e. The van der Waals surface area contributed by atoms with Crippen LogP contribution in [0, 0.1) is 11.3 Å². The van der Waals surface area contributed by atoms with E-state index in [4.69, 9.17) is 5.41 Å². The predicted octanol–water partition coefficient (Wildman–Crippen LogP) is 0.615. The van der Waals surface area contributed by atoms with E-state index in [2.05, 4.69) is 0 Å². The van der Waals surface area contributed by atoms with Gasteiger partial charge in [-0.3, -0.25) is 0 Å². The molecule has 0 spiro atoms. The highest BCUT2D eigenvalue weighted by molar-refractivity contribution is 5.92. The number of aldehydes is 1.